The highest BCUT2D eigenvalue weighted by molar-refractivity contribution is 5.98. The molecule has 0 radical (unpaired) electrons. The van der Waals surface area contributed by atoms with E-state index < -0.39 is 0 Å². The highest BCUT2D eigenvalue weighted by Gasteiger charge is 2.28. The van der Waals surface area contributed by atoms with E-state index in [4.69, 9.17) is 0 Å². The standard InChI is InChI=1S/C14H12O/c1-9-2-5-11-12-6-3-10(13(11)8-9)4-7-14(12)15/h2-8,10,12H,1H3. The van der Waals surface area contributed by atoms with Gasteiger partial charge in [-0.05, 0) is 24.1 Å². The van der Waals surface area contributed by atoms with Crippen LogP contribution in [0.25, 0.3) is 0 Å². The molecule has 1 heteroatoms. The summed E-state index contributed by atoms with van der Waals surface area (Å²) in [5, 5.41) is 0. The number of aryl methyl sites for hydroxylation is 1. The SMILES string of the molecule is Cc1ccc2c(c1)C1C=CC(=O)C2C=C1. The number of fused-ring (bicyclic) bond motifs is 1. The lowest BCUT2D eigenvalue weighted by molar-refractivity contribution is -0.115. The van der Waals surface area contributed by atoms with Gasteiger partial charge in [-0.1, -0.05) is 42.0 Å². The summed E-state index contributed by atoms with van der Waals surface area (Å²) in [6, 6.07) is 6.37. The first-order chi connectivity index (χ1) is 7.25. The van der Waals surface area contributed by atoms with Crippen molar-refractivity contribution < 1.29 is 4.79 Å². The number of ketones is 1. The summed E-state index contributed by atoms with van der Waals surface area (Å²) in [6.07, 6.45) is 7.90. The minimum atomic E-state index is -0.0457. The molecule has 2 bridgehead atoms. The Morgan fingerprint density at radius 2 is 1.93 bits per heavy atom. The molecule has 0 amide bonds. The van der Waals surface area contributed by atoms with Crippen LogP contribution < -0.4 is 0 Å². The fourth-order valence-corrected chi connectivity index (χ4v) is 2.42. The smallest absolute Gasteiger partial charge is 0.166 e. The van der Waals surface area contributed by atoms with Crippen molar-refractivity contribution in [2.24, 2.45) is 0 Å². The molecule has 0 aliphatic heterocycles. The van der Waals surface area contributed by atoms with Crippen LogP contribution in [0.15, 0.2) is 42.5 Å². The van der Waals surface area contributed by atoms with Crippen molar-refractivity contribution >= 4 is 5.78 Å². The van der Waals surface area contributed by atoms with Gasteiger partial charge < -0.3 is 0 Å². The third-order valence-corrected chi connectivity index (χ3v) is 3.22. The second-order valence-electron chi connectivity index (χ2n) is 4.28. The fourth-order valence-electron chi connectivity index (χ4n) is 2.42. The maximum absolute atomic E-state index is 11.8. The Morgan fingerprint density at radius 1 is 1.07 bits per heavy atom. The Labute approximate surface area is 89.1 Å². The van der Waals surface area contributed by atoms with Gasteiger partial charge in [-0.3, -0.25) is 4.79 Å². The van der Waals surface area contributed by atoms with Gasteiger partial charge in [-0.15, -0.1) is 0 Å². The van der Waals surface area contributed by atoms with Crippen LogP contribution >= 0.6 is 0 Å². The van der Waals surface area contributed by atoms with Gasteiger partial charge >= 0.3 is 0 Å². The summed E-state index contributed by atoms with van der Waals surface area (Å²) in [4.78, 5) is 11.8. The molecule has 0 heterocycles. The Bertz CT molecular complexity index is 494. The van der Waals surface area contributed by atoms with E-state index in [-0.39, 0.29) is 11.7 Å². The molecule has 15 heavy (non-hydrogen) atoms. The monoisotopic (exact) mass is 196 g/mol. The second-order valence-corrected chi connectivity index (χ2v) is 4.28. The zero-order chi connectivity index (χ0) is 10.4. The Hall–Kier alpha value is -1.63. The number of allylic oxidation sites excluding steroid dienone is 4. The van der Waals surface area contributed by atoms with Crippen molar-refractivity contribution in [1.82, 2.24) is 0 Å². The Morgan fingerprint density at radius 3 is 2.80 bits per heavy atom. The van der Waals surface area contributed by atoms with Crippen LogP contribution in [0.4, 0.5) is 0 Å². The minimum absolute atomic E-state index is 0.0457. The quantitative estimate of drug-likeness (QED) is 0.583. The summed E-state index contributed by atoms with van der Waals surface area (Å²) < 4.78 is 0. The van der Waals surface area contributed by atoms with Crippen molar-refractivity contribution in [3.63, 3.8) is 0 Å². The second kappa shape index (κ2) is 2.93. The van der Waals surface area contributed by atoms with E-state index in [1.807, 2.05) is 12.2 Å². The van der Waals surface area contributed by atoms with Gasteiger partial charge in [0.25, 0.3) is 0 Å². The zero-order valence-corrected chi connectivity index (χ0v) is 8.60. The number of hydrogen-bond acceptors (Lipinski definition) is 1. The molecular weight excluding hydrogens is 184 g/mol. The molecule has 3 aliphatic rings. The van der Waals surface area contributed by atoms with Gasteiger partial charge in [0, 0.05) is 5.92 Å². The lowest BCUT2D eigenvalue weighted by Gasteiger charge is -2.21. The maximum atomic E-state index is 11.8. The van der Waals surface area contributed by atoms with Crippen molar-refractivity contribution in [2.45, 2.75) is 18.8 Å². The van der Waals surface area contributed by atoms with Gasteiger partial charge in [0.05, 0.1) is 5.92 Å². The van der Waals surface area contributed by atoms with Crippen LogP contribution in [0.1, 0.15) is 28.5 Å². The Balaban J connectivity index is 2.28. The highest BCUT2D eigenvalue weighted by Crippen LogP contribution is 2.38. The normalized spacial score (nSPS) is 26.6. The first kappa shape index (κ1) is 8.66. The van der Waals surface area contributed by atoms with Gasteiger partial charge in [-0.25, -0.2) is 0 Å². The molecule has 2 atom stereocenters. The number of carbonyl (C=O) groups excluding carboxylic acids is 1. The predicted octanol–water partition coefficient (Wildman–Crippen LogP) is 2.87. The van der Waals surface area contributed by atoms with E-state index in [2.05, 4.69) is 31.2 Å². The maximum Gasteiger partial charge on any atom is 0.166 e. The first-order valence-corrected chi connectivity index (χ1v) is 5.26. The molecule has 74 valence electrons. The topological polar surface area (TPSA) is 17.1 Å². The van der Waals surface area contributed by atoms with Crippen LogP contribution in [0.2, 0.25) is 0 Å². The summed E-state index contributed by atoms with van der Waals surface area (Å²) in [5.41, 5.74) is 3.74. The lowest BCUT2D eigenvalue weighted by Crippen LogP contribution is -2.11. The van der Waals surface area contributed by atoms with Crippen LogP contribution in [0.5, 0.6) is 0 Å². The van der Waals surface area contributed by atoms with Crippen molar-refractivity contribution in [3.8, 4) is 0 Å². The number of rotatable bonds is 0. The number of hydrogen-bond donors (Lipinski definition) is 0. The van der Waals surface area contributed by atoms with Gasteiger partial charge in [-0.2, -0.15) is 0 Å². The lowest BCUT2D eigenvalue weighted by atomic mass is 9.82. The summed E-state index contributed by atoms with van der Waals surface area (Å²) in [5.74, 6) is 0.453. The van der Waals surface area contributed by atoms with E-state index in [0.717, 1.165) is 0 Å². The summed E-state index contributed by atoms with van der Waals surface area (Å²) in [7, 11) is 0. The molecule has 4 rings (SSSR count). The third kappa shape index (κ3) is 1.19. The van der Waals surface area contributed by atoms with Gasteiger partial charge in [0.15, 0.2) is 5.78 Å². The van der Waals surface area contributed by atoms with Crippen molar-refractivity contribution in [3.05, 3.63) is 59.2 Å². The van der Waals surface area contributed by atoms with Crippen LogP contribution in [-0.4, -0.2) is 5.78 Å². The molecule has 1 aromatic carbocycles. The highest BCUT2D eigenvalue weighted by atomic mass is 16.1. The van der Waals surface area contributed by atoms with Gasteiger partial charge in [0.1, 0.15) is 0 Å². The van der Waals surface area contributed by atoms with Gasteiger partial charge in [0.2, 0.25) is 0 Å². The molecule has 2 unspecified atom stereocenters. The van der Waals surface area contributed by atoms with Crippen LogP contribution in [-0.2, 0) is 4.79 Å². The van der Waals surface area contributed by atoms with Crippen molar-refractivity contribution in [2.75, 3.05) is 0 Å². The average molecular weight is 196 g/mol. The van der Waals surface area contributed by atoms with E-state index in [1.165, 1.54) is 16.7 Å². The summed E-state index contributed by atoms with van der Waals surface area (Å²) in [6.45, 7) is 2.09. The van der Waals surface area contributed by atoms with E-state index in [9.17, 15) is 4.79 Å². The molecule has 3 aliphatic carbocycles. The molecule has 1 aromatic rings. The molecule has 0 fully saturated rings. The molecule has 0 N–H and O–H groups in total. The molecule has 0 spiro atoms. The van der Waals surface area contributed by atoms with E-state index in [0.29, 0.717) is 5.92 Å². The summed E-state index contributed by atoms with van der Waals surface area (Å²) >= 11 is 0. The fraction of sp³-hybridized carbons (Fsp3) is 0.214. The number of carbonyl (C=O) groups is 1. The zero-order valence-electron chi connectivity index (χ0n) is 8.60. The van der Waals surface area contributed by atoms with E-state index in [1.54, 1.807) is 6.08 Å². The van der Waals surface area contributed by atoms with Crippen LogP contribution in [0, 0.1) is 6.92 Å². The molecular formula is C14H12O. The molecule has 1 nitrogen and oxygen atoms in total. The largest absolute Gasteiger partial charge is 0.294 e. The number of benzene rings is 1. The molecule has 0 saturated carbocycles. The third-order valence-electron chi connectivity index (χ3n) is 3.22. The molecule has 0 aromatic heterocycles. The first-order valence-electron chi connectivity index (χ1n) is 5.26. The average Bonchev–Trinajstić information content (AvgIpc) is 2.48. The van der Waals surface area contributed by atoms with E-state index >= 15 is 0 Å². The Kier molecular flexibility index (Phi) is 1.69. The van der Waals surface area contributed by atoms with Crippen LogP contribution in [0.3, 0.4) is 0 Å². The minimum Gasteiger partial charge on any atom is -0.294 e. The molecule has 0 saturated heterocycles. The van der Waals surface area contributed by atoms with Crippen molar-refractivity contribution in [1.29, 1.82) is 0 Å². The predicted molar refractivity (Wildman–Crippen MR) is 59.9 cm³/mol.